The van der Waals surface area contributed by atoms with Gasteiger partial charge in [-0.05, 0) is 71.5 Å². The number of thioether (sulfide) groups is 1. The Morgan fingerprint density at radius 3 is 2.28 bits per heavy atom. The molecule has 6 heteroatoms. The van der Waals surface area contributed by atoms with Gasteiger partial charge >= 0.3 is 0 Å². The maximum Gasteiger partial charge on any atom is 0.129 e. The lowest BCUT2D eigenvalue weighted by atomic mass is 9.93. The van der Waals surface area contributed by atoms with Gasteiger partial charge in [-0.2, -0.15) is 0 Å². The van der Waals surface area contributed by atoms with Crippen LogP contribution in [0.25, 0.3) is 0 Å². The van der Waals surface area contributed by atoms with Gasteiger partial charge in [0.2, 0.25) is 0 Å². The number of allylic oxidation sites excluding steroid dienone is 2. The van der Waals surface area contributed by atoms with Crippen LogP contribution in [0, 0.1) is 0 Å². The smallest absolute Gasteiger partial charge is 0.129 e. The van der Waals surface area contributed by atoms with E-state index in [0.29, 0.717) is 5.15 Å². The van der Waals surface area contributed by atoms with Gasteiger partial charge in [0, 0.05) is 18.6 Å². The quantitative estimate of drug-likeness (QED) is 0.433. The molecule has 29 heavy (non-hydrogen) atoms. The molecule has 1 aliphatic carbocycles. The van der Waals surface area contributed by atoms with E-state index in [1.54, 1.807) is 12.4 Å². The highest BCUT2D eigenvalue weighted by atomic mass is 35.5. The summed E-state index contributed by atoms with van der Waals surface area (Å²) >= 11 is 7.89. The zero-order valence-corrected chi connectivity index (χ0v) is 17.6. The lowest BCUT2D eigenvalue weighted by Crippen LogP contribution is -2.26. The van der Waals surface area contributed by atoms with Gasteiger partial charge < -0.3 is 4.90 Å². The Morgan fingerprint density at radius 1 is 1.00 bits per heavy atom. The van der Waals surface area contributed by atoms with Crippen molar-refractivity contribution < 1.29 is 0 Å². The second-order valence-corrected chi connectivity index (χ2v) is 7.99. The Labute approximate surface area is 180 Å². The molecule has 146 valence electrons. The van der Waals surface area contributed by atoms with Crippen molar-refractivity contribution in [1.29, 1.82) is 0 Å². The second-order valence-electron chi connectivity index (χ2n) is 6.67. The fourth-order valence-corrected chi connectivity index (χ4v) is 4.22. The van der Waals surface area contributed by atoms with Crippen LogP contribution in [-0.4, -0.2) is 21.2 Å². The SMILES string of the molecule is CSC1=CC(C(c2ccc(Cl)nc2)N(c2cccnc2)c2cccnc2)=CCC1. The zero-order valence-electron chi connectivity index (χ0n) is 16.1. The molecule has 0 aliphatic heterocycles. The fourth-order valence-electron chi connectivity index (χ4n) is 3.53. The molecule has 0 N–H and O–H groups in total. The molecule has 1 atom stereocenters. The monoisotopic (exact) mass is 420 g/mol. The molecule has 4 rings (SSSR count). The minimum Gasteiger partial charge on any atom is -0.327 e. The number of pyridine rings is 3. The molecule has 3 aromatic heterocycles. The molecular formula is C23H21ClN4S. The summed E-state index contributed by atoms with van der Waals surface area (Å²) in [6, 6.07) is 11.9. The minimum absolute atomic E-state index is 0.0735. The molecular weight excluding hydrogens is 400 g/mol. The summed E-state index contributed by atoms with van der Waals surface area (Å²) in [6.45, 7) is 0. The number of anilines is 2. The largest absolute Gasteiger partial charge is 0.327 e. The van der Waals surface area contributed by atoms with Crippen LogP contribution in [0.4, 0.5) is 11.4 Å². The molecule has 0 saturated carbocycles. The highest BCUT2D eigenvalue weighted by molar-refractivity contribution is 8.02. The number of nitrogens with zero attached hydrogens (tertiary/aromatic N) is 4. The highest BCUT2D eigenvalue weighted by Crippen LogP contribution is 2.41. The summed E-state index contributed by atoms with van der Waals surface area (Å²) in [7, 11) is 0. The fraction of sp³-hybridized carbons (Fsp3) is 0.174. The van der Waals surface area contributed by atoms with Crippen molar-refractivity contribution in [2.45, 2.75) is 18.9 Å². The van der Waals surface area contributed by atoms with Crippen molar-refractivity contribution in [3.8, 4) is 0 Å². The molecule has 4 nitrogen and oxygen atoms in total. The van der Waals surface area contributed by atoms with Crippen molar-refractivity contribution in [2.75, 3.05) is 11.2 Å². The summed E-state index contributed by atoms with van der Waals surface area (Å²) in [5, 5.41) is 0.486. The summed E-state index contributed by atoms with van der Waals surface area (Å²) in [4.78, 5) is 16.7. The Bertz CT molecular complexity index is 965. The van der Waals surface area contributed by atoms with Crippen molar-refractivity contribution in [1.82, 2.24) is 15.0 Å². The van der Waals surface area contributed by atoms with Crippen molar-refractivity contribution in [2.24, 2.45) is 0 Å². The van der Waals surface area contributed by atoms with Gasteiger partial charge in [0.15, 0.2) is 0 Å². The third-order valence-electron chi connectivity index (χ3n) is 4.85. The van der Waals surface area contributed by atoms with E-state index in [4.69, 9.17) is 11.6 Å². The number of hydrogen-bond acceptors (Lipinski definition) is 5. The summed E-state index contributed by atoms with van der Waals surface area (Å²) in [5.41, 5.74) is 4.28. The average Bonchev–Trinajstić information content (AvgIpc) is 2.79. The Morgan fingerprint density at radius 2 is 1.72 bits per heavy atom. The third kappa shape index (κ3) is 4.52. The second kappa shape index (κ2) is 9.25. The van der Waals surface area contributed by atoms with E-state index in [1.165, 1.54) is 10.5 Å². The molecule has 0 fully saturated rings. The van der Waals surface area contributed by atoms with Crippen LogP contribution in [0.15, 0.2) is 90.0 Å². The van der Waals surface area contributed by atoms with Gasteiger partial charge in [-0.25, -0.2) is 4.98 Å². The first kappa shape index (κ1) is 19.7. The van der Waals surface area contributed by atoms with E-state index in [-0.39, 0.29) is 6.04 Å². The number of hydrogen-bond donors (Lipinski definition) is 0. The molecule has 0 amide bonds. The van der Waals surface area contributed by atoms with E-state index < -0.39 is 0 Å². The highest BCUT2D eigenvalue weighted by Gasteiger charge is 2.27. The van der Waals surface area contributed by atoms with E-state index in [0.717, 1.165) is 29.8 Å². The number of rotatable bonds is 6. The maximum absolute atomic E-state index is 6.09. The van der Waals surface area contributed by atoms with Gasteiger partial charge in [0.1, 0.15) is 5.15 Å². The minimum atomic E-state index is -0.0735. The molecule has 0 radical (unpaired) electrons. The van der Waals surface area contributed by atoms with Crippen LogP contribution in [0.5, 0.6) is 0 Å². The van der Waals surface area contributed by atoms with E-state index in [2.05, 4.69) is 50.4 Å². The van der Waals surface area contributed by atoms with E-state index in [9.17, 15) is 0 Å². The van der Waals surface area contributed by atoms with Crippen LogP contribution < -0.4 is 4.90 Å². The van der Waals surface area contributed by atoms with Crippen LogP contribution >= 0.6 is 23.4 Å². The molecule has 0 aromatic carbocycles. The van der Waals surface area contributed by atoms with E-state index in [1.807, 2.05) is 54.6 Å². The summed E-state index contributed by atoms with van der Waals surface area (Å²) in [6.07, 6.45) is 18.0. The van der Waals surface area contributed by atoms with E-state index >= 15 is 0 Å². The first-order chi connectivity index (χ1) is 14.3. The Kier molecular flexibility index (Phi) is 6.27. The van der Waals surface area contributed by atoms with Gasteiger partial charge in [-0.15, -0.1) is 11.8 Å². The summed E-state index contributed by atoms with van der Waals surface area (Å²) < 4.78 is 0. The molecule has 0 saturated heterocycles. The normalized spacial score (nSPS) is 14.7. The third-order valence-corrected chi connectivity index (χ3v) is 5.92. The molecule has 1 aliphatic rings. The Hall–Kier alpha value is -2.63. The number of aromatic nitrogens is 3. The van der Waals surface area contributed by atoms with Gasteiger partial charge in [0.25, 0.3) is 0 Å². The van der Waals surface area contributed by atoms with Crippen molar-refractivity contribution >= 4 is 34.7 Å². The molecule has 3 aromatic rings. The number of halogens is 1. The van der Waals surface area contributed by atoms with Gasteiger partial charge in [-0.1, -0.05) is 23.7 Å². The van der Waals surface area contributed by atoms with Crippen LogP contribution in [-0.2, 0) is 0 Å². The lowest BCUT2D eigenvalue weighted by Gasteiger charge is -2.35. The molecule has 3 heterocycles. The first-order valence-electron chi connectivity index (χ1n) is 9.41. The average molecular weight is 421 g/mol. The van der Waals surface area contributed by atoms with Crippen molar-refractivity contribution in [3.05, 3.63) is 101 Å². The van der Waals surface area contributed by atoms with Gasteiger partial charge in [-0.3, -0.25) is 9.97 Å². The topological polar surface area (TPSA) is 41.9 Å². The van der Waals surface area contributed by atoms with Crippen molar-refractivity contribution in [3.63, 3.8) is 0 Å². The molecule has 0 bridgehead atoms. The summed E-state index contributed by atoms with van der Waals surface area (Å²) in [5.74, 6) is 0. The standard InChI is InChI=1S/C23H21ClN4S/c1-29-21-8-2-5-17(13-21)23(18-9-10-22(24)27-14-18)28(19-6-3-11-25-15-19)20-7-4-12-26-16-20/h3-7,9-16,23H,2,8H2,1H3. The predicted octanol–water partition coefficient (Wildman–Crippen LogP) is 6.37. The van der Waals surface area contributed by atoms with Gasteiger partial charge in [0.05, 0.1) is 29.8 Å². The zero-order chi connectivity index (χ0) is 20.1. The Balaban J connectivity index is 1.90. The maximum atomic E-state index is 6.09. The predicted molar refractivity (Wildman–Crippen MR) is 122 cm³/mol. The molecule has 1 unspecified atom stereocenters. The first-order valence-corrected chi connectivity index (χ1v) is 11.0. The lowest BCUT2D eigenvalue weighted by molar-refractivity contribution is 0.791. The van der Waals surface area contributed by atoms with Crippen LogP contribution in [0.3, 0.4) is 0 Å². The van der Waals surface area contributed by atoms with Crippen LogP contribution in [0.1, 0.15) is 24.4 Å². The molecule has 0 spiro atoms. The van der Waals surface area contributed by atoms with Crippen LogP contribution in [0.2, 0.25) is 5.15 Å².